The van der Waals surface area contributed by atoms with E-state index in [0.717, 1.165) is 0 Å². The Morgan fingerprint density at radius 2 is 1.77 bits per heavy atom. The summed E-state index contributed by atoms with van der Waals surface area (Å²) in [6.07, 6.45) is -4.75. The maximum atomic E-state index is 12.3. The molecule has 2 aromatic carbocycles. The van der Waals surface area contributed by atoms with Crippen LogP contribution in [0.25, 0.3) is 0 Å². The molecule has 0 aliphatic carbocycles. The van der Waals surface area contributed by atoms with Crippen LogP contribution in [-0.2, 0) is 6.54 Å². The number of hydrogen-bond acceptors (Lipinski definition) is 7. The van der Waals surface area contributed by atoms with Crippen molar-refractivity contribution in [1.82, 2.24) is 10.3 Å². The molecule has 1 aromatic heterocycles. The number of hydrogen-bond donors (Lipinski definition) is 2. The first kappa shape index (κ1) is 22.2. The van der Waals surface area contributed by atoms with Gasteiger partial charge in [-0.05, 0) is 29.8 Å². The normalized spacial score (nSPS) is 11.0. The van der Waals surface area contributed by atoms with E-state index in [9.17, 15) is 18.0 Å². The monoisotopic (exact) mass is 453 g/mol. The summed E-state index contributed by atoms with van der Waals surface area (Å²) in [6, 6.07) is 10.5. The number of carbonyl (C=O) groups is 1. The Hall–Kier alpha value is -3.47. The van der Waals surface area contributed by atoms with E-state index in [-0.39, 0.29) is 18.0 Å². The van der Waals surface area contributed by atoms with Gasteiger partial charge in [0.1, 0.15) is 22.9 Å². The van der Waals surface area contributed by atoms with E-state index in [1.54, 1.807) is 30.7 Å². The number of aromatic nitrogens is 1. The first-order valence-electron chi connectivity index (χ1n) is 8.85. The van der Waals surface area contributed by atoms with Crippen molar-refractivity contribution in [2.75, 3.05) is 19.5 Å². The molecule has 0 atom stereocenters. The number of nitrogens with zero attached hydrogens (tertiary/aromatic N) is 1. The summed E-state index contributed by atoms with van der Waals surface area (Å²) in [7, 11) is 3.08. The number of amides is 1. The van der Waals surface area contributed by atoms with Crippen molar-refractivity contribution in [3.63, 3.8) is 0 Å². The Labute approximate surface area is 179 Å². The maximum absolute atomic E-state index is 12.3. The van der Waals surface area contributed by atoms with Gasteiger partial charge >= 0.3 is 6.36 Å². The van der Waals surface area contributed by atoms with E-state index >= 15 is 0 Å². The molecule has 0 saturated heterocycles. The Morgan fingerprint density at radius 3 is 2.42 bits per heavy atom. The Balaban J connectivity index is 1.58. The number of halogens is 3. The molecule has 31 heavy (non-hydrogen) atoms. The molecule has 7 nitrogen and oxygen atoms in total. The molecule has 3 aromatic rings. The van der Waals surface area contributed by atoms with Gasteiger partial charge in [-0.25, -0.2) is 4.98 Å². The zero-order valence-electron chi connectivity index (χ0n) is 16.4. The SMILES string of the molecule is COc1ccc(Nc2nc(C(=O)NCc3ccc(OC(F)(F)F)cc3)cs2)c(OC)c1. The van der Waals surface area contributed by atoms with Gasteiger partial charge in [0.05, 0.1) is 19.9 Å². The lowest BCUT2D eigenvalue weighted by molar-refractivity contribution is -0.274. The van der Waals surface area contributed by atoms with Gasteiger partial charge in [0, 0.05) is 18.0 Å². The van der Waals surface area contributed by atoms with Gasteiger partial charge in [-0.3, -0.25) is 4.79 Å². The predicted octanol–water partition coefficient (Wildman–Crippen LogP) is 4.73. The summed E-state index contributed by atoms with van der Waals surface area (Å²) in [6.45, 7) is 0.123. The van der Waals surface area contributed by atoms with Crippen molar-refractivity contribution in [2.45, 2.75) is 12.9 Å². The van der Waals surface area contributed by atoms with E-state index in [0.29, 0.717) is 27.9 Å². The van der Waals surface area contributed by atoms with Gasteiger partial charge in [0.15, 0.2) is 5.13 Å². The Bertz CT molecular complexity index is 1040. The largest absolute Gasteiger partial charge is 0.573 e. The van der Waals surface area contributed by atoms with Crippen molar-refractivity contribution < 1.29 is 32.2 Å². The number of anilines is 2. The van der Waals surface area contributed by atoms with Crippen molar-refractivity contribution in [1.29, 1.82) is 0 Å². The highest BCUT2D eigenvalue weighted by Gasteiger charge is 2.30. The Kier molecular flexibility index (Phi) is 6.85. The third-order valence-corrected chi connectivity index (χ3v) is 4.75. The van der Waals surface area contributed by atoms with Gasteiger partial charge in [0.25, 0.3) is 5.91 Å². The van der Waals surface area contributed by atoms with Gasteiger partial charge in [-0.15, -0.1) is 24.5 Å². The zero-order valence-corrected chi connectivity index (χ0v) is 17.3. The molecule has 2 N–H and O–H groups in total. The first-order valence-corrected chi connectivity index (χ1v) is 9.73. The van der Waals surface area contributed by atoms with E-state index in [1.165, 1.54) is 42.7 Å². The zero-order chi connectivity index (χ0) is 22.4. The minimum atomic E-state index is -4.75. The average Bonchev–Trinajstić information content (AvgIpc) is 3.21. The van der Waals surface area contributed by atoms with Crippen LogP contribution in [0.2, 0.25) is 0 Å². The molecule has 0 fully saturated rings. The molecule has 3 rings (SSSR count). The molecule has 1 amide bonds. The molecule has 164 valence electrons. The fourth-order valence-electron chi connectivity index (χ4n) is 2.53. The van der Waals surface area contributed by atoms with Gasteiger partial charge in [-0.2, -0.15) is 0 Å². The van der Waals surface area contributed by atoms with E-state index in [2.05, 4.69) is 20.4 Å². The summed E-state index contributed by atoms with van der Waals surface area (Å²) in [4.78, 5) is 16.6. The van der Waals surface area contributed by atoms with Gasteiger partial charge in [-0.1, -0.05) is 12.1 Å². The fraction of sp³-hybridized carbons (Fsp3) is 0.200. The molecule has 1 heterocycles. The van der Waals surface area contributed by atoms with Crippen LogP contribution in [-0.4, -0.2) is 31.5 Å². The third-order valence-electron chi connectivity index (χ3n) is 4.00. The van der Waals surface area contributed by atoms with Crippen LogP contribution >= 0.6 is 11.3 Å². The second-order valence-corrected chi connectivity index (χ2v) is 6.96. The third kappa shape index (κ3) is 6.25. The topological polar surface area (TPSA) is 81.7 Å². The molecule has 0 aliphatic rings. The molecule has 0 aliphatic heterocycles. The van der Waals surface area contributed by atoms with Crippen molar-refractivity contribution in [2.24, 2.45) is 0 Å². The predicted molar refractivity (Wildman–Crippen MR) is 109 cm³/mol. The summed E-state index contributed by atoms with van der Waals surface area (Å²) in [5.74, 6) is 0.450. The molecule has 0 radical (unpaired) electrons. The van der Waals surface area contributed by atoms with Crippen LogP contribution < -0.4 is 24.8 Å². The highest BCUT2D eigenvalue weighted by Crippen LogP contribution is 2.32. The highest BCUT2D eigenvalue weighted by molar-refractivity contribution is 7.14. The van der Waals surface area contributed by atoms with Crippen LogP contribution in [0.5, 0.6) is 17.2 Å². The highest BCUT2D eigenvalue weighted by atomic mass is 32.1. The molecule has 0 saturated carbocycles. The van der Waals surface area contributed by atoms with Crippen LogP contribution in [0.1, 0.15) is 16.1 Å². The molecule has 0 unspecified atom stereocenters. The van der Waals surface area contributed by atoms with Gasteiger partial charge < -0.3 is 24.8 Å². The second kappa shape index (κ2) is 9.56. The lowest BCUT2D eigenvalue weighted by Crippen LogP contribution is -2.23. The summed E-state index contributed by atoms with van der Waals surface area (Å²) >= 11 is 1.24. The standard InChI is InChI=1S/C20H18F3N3O4S/c1-28-14-7-8-15(17(9-14)29-2)25-19-26-16(11-31-19)18(27)24-10-12-3-5-13(6-4-12)30-20(21,22)23/h3-9,11H,10H2,1-2H3,(H,24,27)(H,25,26). The van der Waals surface area contributed by atoms with Crippen molar-refractivity contribution in [3.05, 3.63) is 59.1 Å². The van der Waals surface area contributed by atoms with E-state index in [1.807, 2.05) is 0 Å². The average molecular weight is 453 g/mol. The van der Waals surface area contributed by atoms with Crippen molar-refractivity contribution in [3.8, 4) is 17.2 Å². The van der Waals surface area contributed by atoms with Crippen LogP contribution in [0.3, 0.4) is 0 Å². The number of rotatable bonds is 8. The van der Waals surface area contributed by atoms with E-state index in [4.69, 9.17) is 9.47 Å². The minimum Gasteiger partial charge on any atom is -0.497 e. The number of alkyl halides is 3. The van der Waals surface area contributed by atoms with Crippen LogP contribution in [0.4, 0.5) is 24.0 Å². The lowest BCUT2D eigenvalue weighted by atomic mass is 10.2. The second-order valence-electron chi connectivity index (χ2n) is 6.10. The number of carbonyl (C=O) groups excluding carboxylic acids is 1. The number of benzene rings is 2. The summed E-state index contributed by atoms with van der Waals surface area (Å²) < 4.78 is 50.9. The molecular weight excluding hydrogens is 435 g/mol. The summed E-state index contributed by atoms with van der Waals surface area (Å²) in [5.41, 5.74) is 1.47. The number of nitrogens with one attached hydrogen (secondary N) is 2. The van der Waals surface area contributed by atoms with Gasteiger partial charge in [0.2, 0.25) is 0 Å². The number of methoxy groups -OCH3 is 2. The van der Waals surface area contributed by atoms with Crippen LogP contribution in [0.15, 0.2) is 47.8 Å². The van der Waals surface area contributed by atoms with Crippen molar-refractivity contribution >= 4 is 28.1 Å². The summed E-state index contributed by atoms with van der Waals surface area (Å²) in [5, 5.41) is 7.84. The quantitative estimate of drug-likeness (QED) is 0.513. The molecular formula is C20H18F3N3O4S. The van der Waals surface area contributed by atoms with Crippen LogP contribution in [0, 0.1) is 0 Å². The Morgan fingerprint density at radius 1 is 1.06 bits per heavy atom. The minimum absolute atomic E-state index is 0.123. The lowest BCUT2D eigenvalue weighted by Gasteiger charge is -2.10. The molecule has 11 heteroatoms. The fourth-order valence-corrected chi connectivity index (χ4v) is 3.24. The van der Waals surface area contributed by atoms with E-state index < -0.39 is 12.3 Å². The first-order chi connectivity index (χ1) is 14.8. The number of ether oxygens (including phenoxy) is 3. The smallest absolute Gasteiger partial charge is 0.497 e. The molecule has 0 spiro atoms. The maximum Gasteiger partial charge on any atom is 0.573 e. The molecule has 0 bridgehead atoms. The number of thiazole rings is 1.